The molecule has 13 heavy (non-hydrogen) atoms. The largest absolute Gasteiger partial charge is 0.253 e. The van der Waals surface area contributed by atoms with Crippen LogP contribution in [0.4, 0.5) is 8.78 Å². The summed E-state index contributed by atoms with van der Waals surface area (Å²) in [4.78, 5) is 0. The smallest absolute Gasteiger partial charge is 0.206 e. The van der Waals surface area contributed by atoms with Crippen molar-refractivity contribution >= 4 is 0 Å². The van der Waals surface area contributed by atoms with Crippen LogP contribution in [0.3, 0.4) is 0 Å². The average molecular weight is 188 g/mol. The lowest BCUT2D eigenvalue weighted by atomic mass is 9.52. The summed E-state index contributed by atoms with van der Waals surface area (Å²) in [5.41, 5.74) is 0.0550. The number of hydrogen-bond donors (Lipinski definition) is 0. The molecule has 0 N–H and O–H groups in total. The molecule has 0 spiro atoms. The summed E-state index contributed by atoms with van der Waals surface area (Å²) in [6, 6.07) is 0. The normalized spacial score (nSPS) is 42.7. The molecule has 3 aliphatic rings. The van der Waals surface area contributed by atoms with Gasteiger partial charge in [0.05, 0.1) is 0 Å². The van der Waals surface area contributed by atoms with Crippen molar-refractivity contribution in [1.82, 2.24) is 0 Å². The Labute approximate surface area is 78.7 Å². The average Bonchev–Trinajstić information content (AvgIpc) is 2.02. The first-order valence-corrected chi connectivity index (χ1v) is 5.21. The van der Waals surface area contributed by atoms with E-state index < -0.39 is 5.92 Å². The van der Waals surface area contributed by atoms with Crippen LogP contribution < -0.4 is 0 Å². The number of fused-ring (bicyclic) bond motifs is 2. The van der Waals surface area contributed by atoms with E-state index in [-0.39, 0.29) is 23.2 Å². The lowest BCUT2D eigenvalue weighted by molar-refractivity contribution is -0.245. The minimum absolute atomic E-state index is 0.0550. The molecule has 76 valence electrons. The topological polar surface area (TPSA) is 0 Å². The van der Waals surface area contributed by atoms with Gasteiger partial charge in [0.2, 0.25) is 0 Å². The molecule has 0 saturated heterocycles. The molecular weight excluding hydrogens is 170 g/mol. The quantitative estimate of drug-likeness (QED) is 0.543. The van der Waals surface area contributed by atoms with Crippen molar-refractivity contribution in [3.8, 4) is 0 Å². The fourth-order valence-corrected chi connectivity index (χ4v) is 3.12. The predicted octanol–water partition coefficient (Wildman–Crippen LogP) is 3.71. The van der Waals surface area contributed by atoms with E-state index in [4.69, 9.17) is 0 Å². The minimum atomic E-state index is -2.34. The van der Waals surface area contributed by atoms with Gasteiger partial charge in [0.25, 0.3) is 5.92 Å². The highest BCUT2D eigenvalue weighted by Gasteiger charge is 2.63. The van der Waals surface area contributed by atoms with Crippen molar-refractivity contribution in [2.45, 2.75) is 46.0 Å². The van der Waals surface area contributed by atoms with E-state index in [1.165, 1.54) is 0 Å². The third-order valence-corrected chi connectivity index (χ3v) is 4.00. The van der Waals surface area contributed by atoms with Gasteiger partial charge in [-0.25, -0.2) is 8.78 Å². The molecule has 0 aliphatic heterocycles. The molecule has 0 aromatic heterocycles. The number of halogens is 2. The van der Waals surface area contributed by atoms with Crippen LogP contribution in [-0.4, -0.2) is 5.92 Å². The Morgan fingerprint density at radius 3 is 2.08 bits per heavy atom. The van der Waals surface area contributed by atoms with Crippen LogP contribution in [0.1, 0.15) is 40.0 Å². The van der Waals surface area contributed by atoms with Crippen LogP contribution in [0.5, 0.6) is 0 Å². The van der Waals surface area contributed by atoms with Crippen molar-refractivity contribution in [2.24, 2.45) is 23.2 Å². The molecule has 0 aromatic carbocycles. The molecule has 0 amide bonds. The molecule has 0 radical (unpaired) electrons. The molecule has 3 saturated carbocycles. The van der Waals surface area contributed by atoms with E-state index in [9.17, 15) is 8.78 Å². The Balaban J connectivity index is 2.16. The monoisotopic (exact) mass is 188 g/mol. The Morgan fingerprint density at radius 2 is 1.77 bits per heavy atom. The summed E-state index contributed by atoms with van der Waals surface area (Å²) in [5, 5.41) is 0. The van der Waals surface area contributed by atoms with Crippen molar-refractivity contribution in [1.29, 1.82) is 0 Å². The standard InChI is InChI=1S/C11H18F2/c1-10(2,3)8-5-4-7-6-9(8)11(7,12)13/h7-9H,4-6H2,1-3H3. The lowest BCUT2D eigenvalue weighted by Gasteiger charge is -2.56. The van der Waals surface area contributed by atoms with Crippen LogP contribution in [-0.2, 0) is 0 Å². The van der Waals surface area contributed by atoms with Gasteiger partial charge in [0.15, 0.2) is 0 Å². The van der Waals surface area contributed by atoms with Crippen LogP contribution in [0, 0.1) is 23.2 Å². The first-order valence-electron chi connectivity index (χ1n) is 5.21. The summed E-state index contributed by atoms with van der Waals surface area (Å²) in [7, 11) is 0. The Morgan fingerprint density at radius 1 is 1.15 bits per heavy atom. The first kappa shape index (κ1) is 9.42. The maximum atomic E-state index is 13.4. The number of alkyl halides is 2. The van der Waals surface area contributed by atoms with E-state index in [0.717, 1.165) is 19.3 Å². The van der Waals surface area contributed by atoms with Gasteiger partial charge < -0.3 is 0 Å². The highest BCUT2D eigenvalue weighted by molar-refractivity contribution is 5.05. The fourth-order valence-electron chi connectivity index (χ4n) is 3.12. The van der Waals surface area contributed by atoms with Gasteiger partial charge in [0, 0.05) is 11.8 Å². The van der Waals surface area contributed by atoms with Crippen LogP contribution >= 0.6 is 0 Å². The van der Waals surface area contributed by atoms with Crippen molar-refractivity contribution < 1.29 is 8.78 Å². The molecule has 2 heteroatoms. The van der Waals surface area contributed by atoms with Gasteiger partial charge in [-0.2, -0.15) is 0 Å². The molecule has 0 heterocycles. The number of rotatable bonds is 0. The molecule has 3 rings (SSSR count). The molecule has 3 aliphatic carbocycles. The van der Waals surface area contributed by atoms with E-state index >= 15 is 0 Å². The maximum absolute atomic E-state index is 13.4. The van der Waals surface area contributed by atoms with Crippen LogP contribution in [0.2, 0.25) is 0 Å². The third kappa shape index (κ3) is 1.21. The van der Waals surface area contributed by atoms with E-state index in [2.05, 4.69) is 20.8 Å². The zero-order valence-electron chi connectivity index (χ0n) is 8.61. The molecule has 3 fully saturated rings. The second-order valence-electron chi connectivity index (χ2n) is 5.76. The van der Waals surface area contributed by atoms with Gasteiger partial charge in [-0.05, 0) is 30.6 Å². The van der Waals surface area contributed by atoms with Crippen molar-refractivity contribution in [3.63, 3.8) is 0 Å². The Bertz CT molecular complexity index is 213. The van der Waals surface area contributed by atoms with E-state index in [0.29, 0.717) is 0 Å². The highest BCUT2D eigenvalue weighted by atomic mass is 19.3. The Hall–Kier alpha value is -0.140. The van der Waals surface area contributed by atoms with Crippen molar-refractivity contribution in [2.75, 3.05) is 0 Å². The highest BCUT2D eigenvalue weighted by Crippen LogP contribution is 2.62. The van der Waals surface area contributed by atoms with Gasteiger partial charge in [-0.1, -0.05) is 20.8 Å². The minimum Gasteiger partial charge on any atom is -0.206 e. The van der Waals surface area contributed by atoms with Crippen molar-refractivity contribution in [3.05, 3.63) is 0 Å². The molecule has 0 nitrogen and oxygen atoms in total. The fraction of sp³-hybridized carbons (Fsp3) is 1.00. The van der Waals surface area contributed by atoms with E-state index in [1.54, 1.807) is 0 Å². The first-order chi connectivity index (χ1) is 5.83. The van der Waals surface area contributed by atoms with Crippen LogP contribution in [0.25, 0.3) is 0 Å². The molecule has 2 bridgehead atoms. The summed E-state index contributed by atoms with van der Waals surface area (Å²) in [5.74, 6) is -2.70. The second-order valence-corrected chi connectivity index (χ2v) is 5.76. The van der Waals surface area contributed by atoms with E-state index in [1.807, 2.05) is 0 Å². The Kier molecular flexibility index (Phi) is 1.78. The summed E-state index contributed by atoms with van der Waals surface area (Å²) >= 11 is 0. The van der Waals surface area contributed by atoms with Gasteiger partial charge in [0.1, 0.15) is 0 Å². The predicted molar refractivity (Wildman–Crippen MR) is 48.7 cm³/mol. The SMILES string of the molecule is CC(C)(C)C1CCC2CC1C2(F)F. The van der Waals surface area contributed by atoms with Gasteiger partial charge in [-0.3, -0.25) is 0 Å². The summed E-state index contributed by atoms with van der Waals surface area (Å²) < 4.78 is 26.9. The number of hydrogen-bond acceptors (Lipinski definition) is 0. The zero-order valence-corrected chi connectivity index (χ0v) is 8.61. The molecule has 0 aromatic rings. The second kappa shape index (κ2) is 2.46. The van der Waals surface area contributed by atoms with Crippen LogP contribution in [0.15, 0.2) is 0 Å². The lowest BCUT2D eigenvalue weighted by Crippen LogP contribution is -2.58. The zero-order chi connectivity index (χ0) is 9.85. The van der Waals surface area contributed by atoms with Gasteiger partial charge >= 0.3 is 0 Å². The maximum Gasteiger partial charge on any atom is 0.253 e. The summed E-state index contributed by atoms with van der Waals surface area (Å²) in [6.07, 6.45) is 2.52. The molecule has 3 unspecified atom stereocenters. The molecule has 3 atom stereocenters. The third-order valence-electron chi connectivity index (χ3n) is 4.00. The summed E-state index contributed by atoms with van der Waals surface area (Å²) in [6.45, 7) is 6.27. The van der Waals surface area contributed by atoms with Gasteiger partial charge in [-0.15, -0.1) is 0 Å². The molecular formula is C11H18F2.